The summed E-state index contributed by atoms with van der Waals surface area (Å²) in [5.74, 6) is -2.83. The van der Waals surface area contributed by atoms with Crippen molar-refractivity contribution in [1.29, 1.82) is 0 Å². The van der Waals surface area contributed by atoms with Crippen LogP contribution in [-0.2, 0) is 14.4 Å². The van der Waals surface area contributed by atoms with Gasteiger partial charge in [-0.2, -0.15) is 0 Å². The van der Waals surface area contributed by atoms with Gasteiger partial charge in [-0.15, -0.1) is 0 Å². The fraction of sp³-hybridized carbons (Fsp3) is 0.412. The molecule has 1 aromatic carbocycles. The van der Waals surface area contributed by atoms with Crippen LogP contribution >= 0.6 is 0 Å². The molecule has 0 aliphatic carbocycles. The Labute approximate surface area is 146 Å². The molecule has 8 nitrogen and oxygen atoms in total. The molecule has 0 aliphatic heterocycles. The maximum Gasteiger partial charge on any atom is 0.337 e. The van der Waals surface area contributed by atoms with E-state index in [9.17, 15) is 19.2 Å². The van der Waals surface area contributed by atoms with Crippen molar-refractivity contribution in [3.8, 4) is 0 Å². The zero-order chi connectivity index (χ0) is 19.0. The van der Waals surface area contributed by atoms with Crippen LogP contribution in [-0.4, -0.2) is 28.8 Å². The number of para-hydroxylation sites is 1. The van der Waals surface area contributed by atoms with E-state index in [0.29, 0.717) is 12.3 Å². The first-order chi connectivity index (χ1) is 11.7. The Bertz CT molecular complexity index is 657. The van der Waals surface area contributed by atoms with Crippen LogP contribution in [0.2, 0.25) is 0 Å². The lowest BCUT2D eigenvalue weighted by Gasteiger charge is -2.14. The molecule has 0 radical (unpaired) electrons. The van der Waals surface area contributed by atoms with Crippen molar-refractivity contribution in [3.05, 3.63) is 29.8 Å². The molecular formula is C17H23N3O5. The number of amides is 3. The predicted octanol–water partition coefficient (Wildman–Crippen LogP) is 1.54. The van der Waals surface area contributed by atoms with Crippen molar-refractivity contribution in [2.45, 2.75) is 33.6 Å². The van der Waals surface area contributed by atoms with Crippen LogP contribution in [0.1, 0.15) is 44.0 Å². The molecule has 1 aromatic rings. The maximum atomic E-state index is 11.8. The number of hydrazine groups is 1. The molecule has 136 valence electrons. The fourth-order valence-corrected chi connectivity index (χ4v) is 2.23. The van der Waals surface area contributed by atoms with Crippen molar-refractivity contribution < 1.29 is 24.3 Å². The SMILES string of the molecule is CC(C)CC(C)C(=O)NNC(=O)CC(=O)Nc1ccccc1C(=O)O. The molecule has 0 spiro atoms. The average molecular weight is 349 g/mol. The summed E-state index contributed by atoms with van der Waals surface area (Å²) in [4.78, 5) is 46.4. The second-order valence-electron chi connectivity index (χ2n) is 6.14. The maximum absolute atomic E-state index is 11.8. The van der Waals surface area contributed by atoms with Crippen LogP contribution < -0.4 is 16.2 Å². The van der Waals surface area contributed by atoms with Gasteiger partial charge in [0.2, 0.25) is 17.7 Å². The van der Waals surface area contributed by atoms with E-state index in [2.05, 4.69) is 16.2 Å². The second-order valence-corrected chi connectivity index (χ2v) is 6.14. The van der Waals surface area contributed by atoms with E-state index >= 15 is 0 Å². The Morgan fingerprint density at radius 1 is 1.00 bits per heavy atom. The summed E-state index contributed by atoms with van der Waals surface area (Å²) in [6.07, 6.45) is 0.126. The number of carboxylic acids is 1. The quantitative estimate of drug-likeness (QED) is 0.439. The molecule has 4 N–H and O–H groups in total. The minimum Gasteiger partial charge on any atom is -0.478 e. The lowest BCUT2D eigenvalue weighted by atomic mass is 9.98. The number of carboxylic acid groups (broad SMARTS) is 1. The number of hydrogen-bond acceptors (Lipinski definition) is 4. The Kier molecular flexibility index (Phi) is 7.58. The Morgan fingerprint density at radius 3 is 2.24 bits per heavy atom. The second kappa shape index (κ2) is 9.41. The van der Waals surface area contributed by atoms with E-state index in [0.717, 1.165) is 0 Å². The summed E-state index contributed by atoms with van der Waals surface area (Å²) >= 11 is 0. The van der Waals surface area contributed by atoms with Gasteiger partial charge in [0.05, 0.1) is 11.3 Å². The van der Waals surface area contributed by atoms with Gasteiger partial charge in [0.15, 0.2) is 0 Å². The average Bonchev–Trinajstić information content (AvgIpc) is 2.52. The van der Waals surface area contributed by atoms with Crippen molar-refractivity contribution in [1.82, 2.24) is 10.9 Å². The number of benzene rings is 1. The van der Waals surface area contributed by atoms with Gasteiger partial charge in [-0.1, -0.05) is 32.9 Å². The normalized spacial score (nSPS) is 11.5. The standard InChI is InChI=1S/C17H23N3O5/c1-10(2)8-11(3)16(23)20-19-15(22)9-14(21)18-13-7-5-4-6-12(13)17(24)25/h4-7,10-11H,8-9H2,1-3H3,(H,18,21)(H,19,22)(H,20,23)(H,24,25). The molecule has 0 saturated heterocycles. The number of carbonyl (C=O) groups excluding carboxylic acids is 3. The molecule has 0 aliphatic rings. The minimum absolute atomic E-state index is 0.0768. The van der Waals surface area contributed by atoms with E-state index in [1.165, 1.54) is 18.2 Å². The Balaban J connectivity index is 2.49. The lowest BCUT2D eigenvalue weighted by molar-refractivity contribution is -0.133. The largest absolute Gasteiger partial charge is 0.478 e. The molecule has 1 unspecified atom stereocenters. The monoisotopic (exact) mass is 349 g/mol. The minimum atomic E-state index is -1.19. The molecule has 1 atom stereocenters. The highest BCUT2D eigenvalue weighted by molar-refractivity contribution is 6.06. The first kappa shape index (κ1) is 20.1. The molecule has 0 fully saturated rings. The summed E-state index contributed by atoms with van der Waals surface area (Å²) in [5, 5.41) is 11.4. The summed E-state index contributed by atoms with van der Waals surface area (Å²) in [5.41, 5.74) is 4.47. The number of anilines is 1. The molecule has 0 heterocycles. The summed E-state index contributed by atoms with van der Waals surface area (Å²) in [6.45, 7) is 5.72. The first-order valence-electron chi connectivity index (χ1n) is 7.91. The topological polar surface area (TPSA) is 125 Å². The van der Waals surface area contributed by atoms with E-state index < -0.39 is 24.2 Å². The molecule has 0 aromatic heterocycles. The van der Waals surface area contributed by atoms with E-state index in [1.807, 2.05) is 13.8 Å². The molecule has 3 amide bonds. The van der Waals surface area contributed by atoms with Crippen LogP contribution in [0.5, 0.6) is 0 Å². The highest BCUT2D eigenvalue weighted by Crippen LogP contribution is 2.15. The van der Waals surface area contributed by atoms with Crippen LogP contribution in [0.25, 0.3) is 0 Å². The van der Waals surface area contributed by atoms with Gasteiger partial charge in [0.1, 0.15) is 6.42 Å². The van der Waals surface area contributed by atoms with Gasteiger partial charge < -0.3 is 10.4 Å². The third-order valence-electron chi connectivity index (χ3n) is 3.35. The zero-order valence-corrected chi connectivity index (χ0v) is 14.5. The van der Waals surface area contributed by atoms with Crippen LogP contribution in [0.3, 0.4) is 0 Å². The van der Waals surface area contributed by atoms with E-state index in [4.69, 9.17) is 5.11 Å². The number of rotatable bonds is 7. The van der Waals surface area contributed by atoms with Gasteiger partial charge in [0.25, 0.3) is 0 Å². The van der Waals surface area contributed by atoms with Gasteiger partial charge >= 0.3 is 5.97 Å². The van der Waals surface area contributed by atoms with Crippen molar-refractivity contribution in [2.24, 2.45) is 11.8 Å². The van der Waals surface area contributed by atoms with Gasteiger partial charge in [-0.3, -0.25) is 25.2 Å². The fourth-order valence-electron chi connectivity index (χ4n) is 2.23. The highest BCUT2D eigenvalue weighted by Gasteiger charge is 2.17. The summed E-state index contributed by atoms with van der Waals surface area (Å²) in [6, 6.07) is 5.86. The zero-order valence-electron chi connectivity index (χ0n) is 14.5. The number of nitrogens with one attached hydrogen (secondary N) is 3. The van der Waals surface area contributed by atoms with Gasteiger partial charge in [-0.25, -0.2) is 4.79 Å². The summed E-state index contributed by atoms with van der Waals surface area (Å²) < 4.78 is 0. The predicted molar refractivity (Wildman–Crippen MR) is 91.6 cm³/mol. The highest BCUT2D eigenvalue weighted by atomic mass is 16.4. The van der Waals surface area contributed by atoms with Gasteiger partial charge in [0, 0.05) is 5.92 Å². The van der Waals surface area contributed by atoms with Crippen LogP contribution in [0.4, 0.5) is 5.69 Å². The molecule has 1 rings (SSSR count). The Hall–Kier alpha value is -2.90. The van der Waals surface area contributed by atoms with E-state index in [1.54, 1.807) is 13.0 Å². The van der Waals surface area contributed by atoms with Crippen LogP contribution in [0.15, 0.2) is 24.3 Å². The summed E-state index contributed by atoms with van der Waals surface area (Å²) in [7, 11) is 0. The molecule has 8 heteroatoms. The molecular weight excluding hydrogens is 326 g/mol. The van der Waals surface area contributed by atoms with Crippen LogP contribution in [0, 0.1) is 11.8 Å². The lowest BCUT2D eigenvalue weighted by Crippen LogP contribution is -2.45. The Morgan fingerprint density at radius 2 is 1.64 bits per heavy atom. The van der Waals surface area contributed by atoms with E-state index in [-0.39, 0.29) is 23.1 Å². The third-order valence-corrected chi connectivity index (χ3v) is 3.35. The molecule has 25 heavy (non-hydrogen) atoms. The van der Waals surface area contributed by atoms with Crippen molar-refractivity contribution >= 4 is 29.4 Å². The van der Waals surface area contributed by atoms with Crippen molar-refractivity contribution in [3.63, 3.8) is 0 Å². The first-order valence-corrected chi connectivity index (χ1v) is 7.91. The molecule has 0 bridgehead atoms. The number of hydrogen-bond donors (Lipinski definition) is 4. The third kappa shape index (κ3) is 7.03. The number of aromatic carboxylic acids is 1. The number of carbonyl (C=O) groups is 4. The van der Waals surface area contributed by atoms with Gasteiger partial charge in [-0.05, 0) is 24.5 Å². The smallest absolute Gasteiger partial charge is 0.337 e. The van der Waals surface area contributed by atoms with Crippen molar-refractivity contribution in [2.75, 3.05) is 5.32 Å². The molecule has 0 saturated carbocycles.